The molecule has 0 amide bonds. The van der Waals surface area contributed by atoms with Crippen molar-refractivity contribution in [2.24, 2.45) is 0 Å². The number of ketones is 2. The number of hydrogen-bond donors (Lipinski definition) is 0. The molecule has 2 rings (SSSR count). The second-order valence-corrected chi connectivity index (χ2v) is 4.08. The Bertz CT molecular complexity index is 567. The highest BCUT2D eigenvalue weighted by Crippen LogP contribution is 2.23. The molecule has 1 aliphatic rings. The third-order valence-electron chi connectivity index (χ3n) is 2.91. The van der Waals surface area contributed by atoms with Gasteiger partial charge >= 0.3 is 0 Å². The fraction of sp³-hybridized carbons (Fsp3) is 0.200. The fourth-order valence-corrected chi connectivity index (χ4v) is 1.99. The summed E-state index contributed by atoms with van der Waals surface area (Å²) < 4.78 is 10.00. The molecule has 0 spiro atoms. The van der Waals surface area contributed by atoms with Gasteiger partial charge in [-0.3, -0.25) is 9.59 Å². The molecule has 4 heteroatoms. The summed E-state index contributed by atoms with van der Waals surface area (Å²) in [4.78, 5) is 24.0. The van der Waals surface area contributed by atoms with E-state index in [1.807, 2.05) is 30.3 Å². The molecule has 0 atom stereocenters. The lowest BCUT2D eigenvalue weighted by molar-refractivity contribution is -0.120. The van der Waals surface area contributed by atoms with Gasteiger partial charge in [-0.25, -0.2) is 0 Å². The molecule has 1 aliphatic carbocycles. The van der Waals surface area contributed by atoms with Crippen LogP contribution in [-0.2, 0) is 25.5 Å². The zero-order chi connectivity index (χ0) is 13.8. The minimum atomic E-state index is -0.343. The Morgan fingerprint density at radius 2 is 1.68 bits per heavy atom. The number of hydrogen-bond acceptors (Lipinski definition) is 4. The highest BCUT2D eigenvalue weighted by molar-refractivity contribution is 6.21. The average Bonchev–Trinajstić information content (AvgIpc) is 2.44. The fourth-order valence-electron chi connectivity index (χ4n) is 1.99. The van der Waals surface area contributed by atoms with Crippen LogP contribution in [0.25, 0.3) is 0 Å². The van der Waals surface area contributed by atoms with Gasteiger partial charge < -0.3 is 9.47 Å². The quantitative estimate of drug-likeness (QED) is 0.773. The van der Waals surface area contributed by atoms with Crippen LogP contribution in [0.4, 0.5) is 0 Å². The normalized spacial score (nSPS) is 15.4. The van der Waals surface area contributed by atoms with Crippen molar-refractivity contribution in [3.05, 3.63) is 59.1 Å². The molecule has 0 aliphatic heterocycles. The maximum absolute atomic E-state index is 12.2. The molecule has 0 saturated carbocycles. The third kappa shape index (κ3) is 2.57. The molecule has 0 unspecified atom stereocenters. The van der Waals surface area contributed by atoms with Crippen molar-refractivity contribution in [1.82, 2.24) is 0 Å². The van der Waals surface area contributed by atoms with Crippen LogP contribution in [0.5, 0.6) is 0 Å². The summed E-state index contributed by atoms with van der Waals surface area (Å²) in [7, 11) is 2.76. The lowest BCUT2D eigenvalue weighted by Crippen LogP contribution is -2.22. The molecule has 0 fully saturated rings. The van der Waals surface area contributed by atoms with Gasteiger partial charge in [-0.1, -0.05) is 30.3 Å². The Kier molecular flexibility index (Phi) is 3.80. The number of methoxy groups -OCH3 is 2. The topological polar surface area (TPSA) is 52.6 Å². The first-order chi connectivity index (χ1) is 9.17. The molecule has 1 aromatic rings. The van der Waals surface area contributed by atoms with Gasteiger partial charge in [-0.2, -0.15) is 0 Å². The lowest BCUT2D eigenvalue weighted by atomic mass is 9.94. The van der Waals surface area contributed by atoms with Crippen LogP contribution in [0.2, 0.25) is 0 Å². The molecule has 98 valence electrons. The van der Waals surface area contributed by atoms with E-state index in [9.17, 15) is 9.59 Å². The van der Waals surface area contributed by atoms with Crippen LogP contribution < -0.4 is 0 Å². The standard InChI is InChI=1S/C15H14O4/c1-18-13-9-12(16)15(19-2)11(14(13)17)8-10-6-4-3-5-7-10/h3-7,9H,8H2,1-2H3. The highest BCUT2D eigenvalue weighted by atomic mass is 16.5. The maximum Gasteiger partial charge on any atom is 0.227 e. The first-order valence-corrected chi connectivity index (χ1v) is 5.83. The average molecular weight is 258 g/mol. The lowest BCUT2D eigenvalue weighted by Gasteiger charge is -2.17. The van der Waals surface area contributed by atoms with E-state index in [1.165, 1.54) is 14.2 Å². The SMILES string of the molecule is COC1=CC(=O)C(OC)=C(Cc2ccccc2)C1=O. The molecular weight excluding hydrogens is 244 g/mol. The smallest absolute Gasteiger partial charge is 0.227 e. The summed E-state index contributed by atoms with van der Waals surface area (Å²) in [5.74, 6) is -0.501. The van der Waals surface area contributed by atoms with Gasteiger partial charge in [0.05, 0.1) is 19.8 Å². The van der Waals surface area contributed by atoms with Gasteiger partial charge in [0.1, 0.15) is 0 Å². The number of allylic oxidation sites excluding steroid dienone is 2. The predicted octanol–water partition coefficient (Wildman–Crippen LogP) is 1.81. The van der Waals surface area contributed by atoms with Crippen molar-refractivity contribution in [3.8, 4) is 0 Å². The van der Waals surface area contributed by atoms with Crippen LogP contribution in [-0.4, -0.2) is 25.8 Å². The first kappa shape index (κ1) is 13.1. The van der Waals surface area contributed by atoms with Crippen molar-refractivity contribution in [2.75, 3.05) is 14.2 Å². The van der Waals surface area contributed by atoms with E-state index < -0.39 is 0 Å². The summed E-state index contributed by atoms with van der Waals surface area (Å²) >= 11 is 0. The zero-order valence-electron chi connectivity index (χ0n) is 10.8. The van der Waals surface area contributed by atoms with Crippen LogP contribution in [0, 0.1) is 0 Å². The third-order valence-corrected chi connectivity index (χ3v) is 2.91. The Labute approximate surface area is 111 Å². The molecular formula is C15H14O4. The van der Waals surface area contributed by atoms with E-state index in [2.05, 4.69) is 0 Å². The van der Waals surface area contributed by atoms with Gasteiger partial charge in [0.15, 0.2) is 11.5 Å². The summed E-state index contributed by atoms with van der Waals surface area (Å²) in [5, 5.41) is 0. The Balaban J connectivity index is 2.39. The molecule has 0 heterocycles. The number of carbonyl (C=O) groups is 2. The Morgan fingerprint density at radius 3 is 2.26 bits per heavy atom. The van der Waals surface area contributed by atoms with Crippen molar-refractivity contribution in [2.45, 2.75) is 6.42 Å². The summed E-state index contributed by atoms with van der Waals surface area (Å²) in [6, 6.07) is 9.43. The van der Waals surface area contributed by atoms with E-state index >= 15 is 0 Å². The van der Waals surface area contributed by atoms with Crippen molar-refractivity contribution in [1.29, 1.82) is 0 Å². The van der Waals surface area contributed by atoms with Gasteiger partial charge in [-0.05, 0) is 5.56 Å². The predicted molar refractivity (Wildman–Crippen MR) is 69.3 cm³/mol. The molecule has 0 N–H and O–H groups in total. The monoisotopic (exact) mass is 258 g/mol. The number of ether oxygens (including phenoxy) is 2. The number of Topliss-reactive ketones (excluding diaryl/α,β-unsaturated/α-hetero) is 1. The Morgan fingerprint density at radius 1 is 1.00 bits per heavy atom. The van der Waals surface area contributed by atoms with E-state index in [0.717, 1.165) is 11.6 Å². The maximum atomic E-state index is 12.2. The molecule has 0 radical (unpaired) electrons. The van der Waals surface area contributed by atoms with E-state index in [0.29, 0.717) is 12.0 Å². The number of carbonyl (C=O) groups excluding carboxylic acids is 2. The zero-order valence-corrected chi connectivity index (χ0v) is 10.8. The summed E-state index contributed by atoms with van der Waals surface area (Å²) in [5.41, 5.74) is 1.27. The van der Waals surface area contributed by atoms with Crippen LogP contribution >= 0.6 is 0 Å². The number of benzene rings is 1. The minimum Gasteiger partial charge on any atom is -0.493 e. The molecule has 0 saturated heterocycles. The molecule has 19 heavy (non-hydrogen) atoms. The van der Waals surface area contributed by atoms with Crippen molar-refractivity contribution < 1.29 is 19.1 Å². The molecule has 0 bridgehead atoms. The van der Waals surface area contributed by atoms with Crippen molar-refractivity contribution in [3.63, 3.8) is 0 Å². The van der Waals surface area contributed by atoms with Gasteiger partial charge in [-0.15, -0.1) is 0 Å². The molecule has 0 aromatic heterocycles. The van der Waals surface area contributed by atoms with Crippen LogP contribution in [0.15, 0.2) is 53.5 Å². The second-order valence-electron chi connectivity index (χ2n) is 4.08. The Hall–Kier alpha value is -2.36. The molecule has 4 nitrogen and oxygen atoms in total. The molecule has 1 aromatic carbocycles. The van der Waals surface area contributed by atoms with E-state index in [4.69, 9.17) is 9.47 Å². The van der Waals surface area contributed by atoms with E-state index in [1.54, 1.807) is 0 Å². The van der Waals surface area contributed by atoms with Gasteiger partial charge in [0.2, 0.25) is 11.6 Å². The summed E-state index contributed by atoms with van der Waals surface area (Å²) in [6.07, 6.45) is 1.50. The van der Waals surface area contributed by atoms with Crippen molar-refractivity contribution >= 4 is 11.6 Å². The summed E-state index contributed by atoms with van der Waals surface area (Å²) in [6.45, 7) is 0. The van der Waals surface area contributed by atoms with Gasteiger partial charge in [0, 0.05) is 12.5 Å². The van der Waals surface area contributed by atoms with Crippen LogP contribution in [0.1, 0.15) is 5.56 Å². The first-order valence-electron chi connectivity index (χ1n) is 5.83. The largest absolute Gasteiger partial charge is 0.493 e. The van der Waals surface area contributed by atoms with E-state index in [-0.39, 0.29) is 23.1 Å². The van der Waals surface area contributed by atoms with Crippen LogP contribution in [0.3, 0.4) is 0 Å². The van der Waals surface area contributed by atoms with Gasteiger partial charge in [0.25, 0.3) is 0 Å². The number of rotatable bonds is 4. The minimum absolute atomic E-state index is 0.0525. The highest BCUT2D eigenvalue weighted by Gasteiger charge is 2.30. The second kappa shape index (κ2) is 5.52.